The van der Waals surface area contributed by atoms with E-state index in [1.54, 1.807) is 0 Å². The largest absolute Gasteiger partial charge is 0.480 e. The number of halogens is 1. The van der Waals surface area contributed by atoms with Gasteiger partial charge in [-0.05, 0) is 30.2 Å². The quantitative estimate of drug-likeness (QED) is 0.552. The zero-order valence-corrected chi connectivity index (χ0v) is 13.4. The third-order valence-electron chi connectivity index (χ3n) is 2.81. The van der Waals surface area contributed by atoms with Crippen molar-refractivity contribution in [2.24, 2.45) is 0 Å². The first kappa shape index (κ1) is 17.4. The van der Waals surface area contributed by atoms with Gasteiger partial charge in [-0.3, -0.25) is 4.79 Å². The van der Waals surface area contributed by atoms with E-state index < -0.39 is 12.0 Å². The van der Waals surface area contributed by atoms with Crippen molar-refractivity contribution in [1.29, 1.82) is 0 Å². The van der Waals surface area contributed by atoms with Crippen molar-refractivity contribution in [3.8, 4) is 0 Å². The number of amides is 1. The van der Waals surface area contributed by atoms with Crippen LogP contribution >= 0.6 is 15.9 Å². The topological polar surface area (TPSA) is 75.6 Å². The average molecular weight is 356 g/mol. The van der Waals surface area contributed by atoms with Crippen LogP contribution in [0.15, 0.2) is 35.3 Å². The number of rotatable bonds is 8. The highest BCUT2D eigenvalue weighted by Crippen LogP contribution is 2.16. The lowest BCUT2D eigenvalue weighted by atomic mass is 10.1. The molecular weight excluding hydrogens is 338 g/mol. The van der Waals surface area contributed by atoms with E-state index in [1.165, 1.54) is 6.08 Å². The molecule has 1 atom stereocenters. The normalized spacial score (nSPS) is 11.7. The van der Waals surface area contributed by atoms with Crippen molar-refractivity contribution >= 4 is 27.8 Å². The number of hydrogen-bond acceptors (Lipinski definition) is 3. The zero-order valence-electron chi connectivity index (χ0n) is 11.8. The number of carboxylic acids is 1. The summed E-state index contributed by atoms with van der Waals surface area (Å²) in [6, 6.07) is 4.53. The van der Waals surface area contributed by atoms with E-state index in [1.807, 2.05) is 25.1 Å². The molecule has 1 rings (SSSR count). The monoisotopic (exact) mass is 355 g/mol. The fourth-order valence-corrected chi connectivity index (χ4v) is 2.20. The maximum atomic E-state index is 11.9. The number of hydrogen-bond donors (Lipinski definition) is 2. The number of aliphatic carboxylic acids is 1. The van der Waals surface area contributed by atoms with Gasteiger partial charge in [0, 0.05) is 4.47 Å². The number of ether oxygens (including phenoxy) is 1. The van der Waals surface area contributed by atoms with Gasteiger partial charge in [0.1, 0.15) is 0 Å². The highest BCUT2D eigenvalue weighted by atomic mass is 79.9. The van der Waals surface area contributed by atoms with Crippen molar-refractivity contribution in [3.05, 3.63) is 46.5 Å². The SMILES string of the molecule is C=CCOCC(NC(=O)Cc1ccc(Br)cc1C)C(=O)O. The summed E-state index contributed by atoms with van der Waals surface area (Å²) in [6.07, 6.45) is 1.65. The van der Waals surface area contributed by atoms with Gasteiger partial charge in [0.15, 0.2) is 6.04 Å². The summed E-state index contributed by atoms with van der Waals surface area (Å²) >= 11 is 3.35. The highest BCUT2D eigenvalue weighted by molar-refractivity contribution is 9.10. The second kappa shape index (κ2) is 8.59. The maximum Gasteiger partial charge on any atom is 0.328 e. The highest BCUT2D eigenvalue weighted by Gasteiger charge is 2.20. The predicted molar refractivity (Wildman–Crippen MR) is 83.2 cm³/mol. The lowest BCUT2D eigenvalue weighted by molar-refractivity contribution is -0.143. The minimum atomic E-state index is -1.13. The molecule has 114 valence electrons. The standard InChI is InChI=1S/C15H18BrNO4/c1-3-6-21-9-13(15(19)20)17-14(18)8-11-4-5-12(16)7-10(11)2/h3-5,7,13H,1,6,8-9H2,2H3,(H,17,18)(H,19,20). The average Bonchev–Trinajstić information content (AvgIpc) is 2.41. The number of benzene rings is 1. The summed E-state index contributed by atoms with van der Waals surface area (Å²) in [6.45, 7) is 5.52. The Morgan fingerprint density at radius 3 is 2.81 bits per heavy atom. The van der Waals surface area contributed by atoms with Gasteiger partial charge in [-0.2, -0.15) is 0 Å². The number of carbonyl (C=O) groups is 2. The Morgan fingerprint density at radius 2 is 2.24 bits per heavy atom. The molecule has 0 aliphatic heterocycles. The van der Waals surface area contributed by atoms with E-state index >= 15 is 0 Å². The van der Waals surface area contributed by atoms with Gasteiger partial charge < -0.3 is 15.2 Å². The summed E-state index contributed by atoms with van der Waals surface area (Å²) in [5.41, 5.74) is 1.82. The maximum absolute atomic E-state index is 11.9. The van der Waals surface area contributed by atoms with Crippen LogP contribution in [0, 0.1) is 6.92 Å². The van der Waals surface area contributed by atoms with Crippen molar-refractivity contribution < 1.29 is 19.4 Å². The van der Waals surface area contributed by atoms with Crippen molar-refractivity contribution in [3.63, 3.8) is 0 Å². The first-order valence-corrected chi connectivity index (χ1v) is 7.19. The van der Waals surface area contributed by atoms with Gasteiger partial charge in [-0.15, -0.1) is 6.58 Å². The minimum absolute atomic E-state index is 0.0909. The number of carbonyl (C=O) groups excluding carboxylic acids is 1. The van der Waals surface area contributed by atoms with Gasteiger partial charge in [0.2, 0.25) is 5.91 Å². The molecule has 0 bridgehead atoms. The van der Waals surface area contributed by atoms with Gasteiger partial charge in [-0.25, -0.2) is 4.79 Å². The predicted octanol–water partition coefficient (Wildman–Crippen LogP) is 2.07. The van der Waals surface area contributed by atoms with Crippen LogP contribution in [0.1, 0.15) is 11.1 Å². The molecule has 2 N–H and O–H groups in total. The molecule has 0 aliphatic rings. The Balaban J connectivity index is 2.60. The second-order valence-corrected chi connectivity index (χ2v) is 5.45. The molecule has 1 unspecified atom stereocenters. The molecular formula is C15H18BrNO4. The van der Waals surface area contributed by atoms with E-state index in [4.69, 9.17) is 9.84 Å². The van der Waals surface area contributed by atoms with Gasteiger partial charge in [0.25, 0.3) is 0 Å². The third kappa shape index (κ3) is 6.10. The Hall–Kier alpha value is -1.66. The first-order chi connectivity index (χ1) is 9.93. The van der Waals surface area contributed by atoms with E-state index in [0.717, 1.165) is 15.6 Å². The van der Waals surface area contributed by atoms with Gasteiger partial charge in [0.05, 0.1) is 19.6 Å². The Labute approximate surface area is 132 Å². The van der Waals surface area contributed by atoms with E-state index in [9.17, 15) is 9.59 Å². The summed E-state index contributed by atoms with van der Waals surface area (Å²) in [7, 11) is 0. The second-order valence-electron chi connectivity index (χ2n) is 4.53. The fraction of sp³-hybridized carbons (Fsp3) is 0.333. The molecule has 0 radical (unpaired) electrons. The molecule has 0 saturated heterocycles. The van der Waals surface area contributed by atoms with E-state index in [0.29, 0.717) is 0 Å². The molecule has 6 heteroatoms. The smallest absolute Gasteiger partial charge is 0.328 e. The summed E-state index contributed by atoms with van der Waals surface area (Å²) < 4.78 is 6.01. The molecule has 0 aromatic heterocycles. The van der Waals surface area contributed by atoms with Crippen LogP contribution in [0.5, 0.6) is 0 Å². The van der Waals surface area contributed by atoms with Crippen LogP contribution < -0.4 is 5.32 Å². The molecule has 0 spiro atoms. The van der Waals surface area contributed by atoms with E-state index in [2.05, 4.69) is 27.8 Å². The van der Waals surface area contributed by atoms with Crippen LogP contribution in [0.4, 0.5) is 0 Å². The molecule has 1 aromatic carbocycles. The molecule has 1 aromatic rings. The first-order valence-electron chi connectivity index (χ1n) is 6.40. The van der Waals surface area contributed by atoms with E-state index in [-0.39, 0.29) is 25.5 Å². The van der Waals surface area contributed by atoms with Crippen molar-refractivity contribution in [2.45, 2.75) is 19.4 Å². The van der Waals surface area contributed by atoms with Crippen molar-refractivity contribution in [2.75, 3.05) is 13.2 Å². The lowest BCUT2D eigenvalue weighted by Gasteiger charge is -2.15. The van der Waals surface area contributed by atoms with Crippen LogP contribution in [0.3, 0.4) is 0 Å². The van der Waals surface area contributed by atoms with Gasteiger partial charge >= 0.3 is 5.97 Å². The summed E-state index contributed by atoms with van der Waals surface area (Å²) in [5, 5.41) is 11.5. The fourth-order valence-electron chi connectivity index (χ4n) is 1.72. The van der Waals surface area contributed by atoms with Crippen LogP contribution in [0.2, 0.25) is 0 Å². The van der Waals surface area contributed by atoms with Crippen LogP contribution in [-0.4, -0.2) is 36.2 Å². The summed E-state index contributed by atoms with van der Waals surface area (Å²) in [5.74, 6) is -1.48. The minimum Gasteiger partial charge on any atom is -0.480 e. The molecule has 0 fully saturated rings. The molecule has 0 heterocycles. The van der Waals surface area contributed by atoms with Crippen LogP contribution in [-0.2, 0) is 20.7 Å². The lowest BCUT2D eigenvalue weighted by Crippen LogP contribution is -2.44. The molecule has 5 nitrogen and oxygen atoms in total. The third-order valence-corrected chi connectivity index (χ3v) is 3.30. The van der Waals surface area contributed by atoms with Crippen molar-refractivity contribution in [1.82, 2.24) is 5.32 Å². The van der Waals surface area contributed by atoms with Gasteiger partial charge in [-0.1, -0.05) is 28.1 Å². The number of carboxylic acid groups (broad SMARTS) is 1. The van der Waals surface area contributed by atoms with Crippen LogP contribution in [0.25, 0.3) is 0 Å². The number of nitrogens with one attached hydrogen (secondary N) is 1. The molecule has 21 heavy (non-hydrogen) atoms. The Kier molecular flexibility index (Phi) is 7.11. The number of aryl methyl sites for hydroxylation is 1. The molecule has 0 saturated carbocycles. The summed E-state index contributed by atoms with van der Waals surface area (Å²) in [4.78, 5) is 23.0. The molecule has 1 amide bonds. The Bertz CT molecular complexity index is 530. The molecule has 0 aliphatic carbocycles. The Morgan fingerprint density at radius 1 is 1.52 bits per heavy atom. The zero-order chi connectivity index (χ0) is 15.8.